The molecule has 2 aliphatic heterocycles. The van der Waals surface area contributed by atoms with Crippen molar-refractivity contribution < 1.29 is 18.7 Å². The van der Waals surface area contributed by atoms with E-state index in [0.717, 1.165) is 44.7 Å². The Bertz CT molecular complexity index is 1270. The molecule has 2 atom stereocenters. The zero-order valence-electron chi connectivity index (χ0n) is 27.3. The van der Waals surface area contributed by atoms with E-state index in [1.807, 2.05) is 18.4 Å². The Morgan fingerprint density at radius 2 is 2.04 bits per heavy atom. The van der Waals surface area contributed by atoms with Crippen LogP contribution in [0.2, 0.25) is 0 Å². The molecule has 10 heteroatoms. The fourth-order valence-corrected chi connectivity index (χ4v) is 7.61. The van der Waals surface area contributed by atoms with Crippen LogP contribution < -0.4 is 5.32 Å². The summed E-state index contributed by atoms with van der Waals surface area (Å²) in [6.07, 6.45) is 11.0. The van der Waals surface area contributed by atoms with E-state index >= 15 is 0 Å². The van der Waals surface area contributed by atoms with Gasteiger partial charge in [-0.2, -0.15) is 0 Å². The first-order chi connectivity index (χ1) is 21.6. The second kappa shape index (κ2) is 18.0. The van der Waals surface area contributed by atoms with Crippen molar-refractivity contribution in [2.24, 2.45) is 15.9 Å². The molecule has 0 spiro atoms. The van der Waals surface area contributed by atoms with Crippen LogP contribution in [0.1, 0.15) is 85.0 Å². The van der Waals surface area contributed by atoms with E-state index in [0.29, 0.717) is 56.8 Å². The van der Waals surface area contributed by atoms with Crippen molar-refractivity contribution in [3.05, 3.63) is 68.9 Å². The number of aliphatic hydroxyl groups is 1. The molecular formula is C35H50F2N4O2S2. The van der Waals surface area contributed by atoms with Gasteiger partial charge in [0.15, 0.2) is 0 Å². The molecule has 2 unspecified atom stereocenters. The summed E-state index contributed by atoms with van der Waals surface area (Å²) in [7, 11) is 1.65. The van der Waals surface area contributed by atoms with Gasteiger partial charge < -0.3 is 15.3 Å². The summed E-state index contributed by atoms with van der Waals surface area (Å²) in [5.74, 6) is 1.25. The molecule has 0 aromatic heterocycles. The average Bonchev–Trinajstić information content (AvgIpc) is 3.77. The van der Waals surface area contributed by atoms with E-state index in [4.69, 9.17) is 4.99 Å². The van der Waals surface area contributed by atoms with Crippen LogP contribution in [0.15, 0.2) is 78.8 Å². The first kappa shape index (κ1) is 37.0. The van der Waals surface area contributed by atoms with E-state index in [9.17, 15) is 18.7 Å². The van der Waals surface area contributed by atoms with Gasteiger partial charge in [-0.25, -0.2) is 8.78 Å². The average molecular weight is 661 g/mol. The Morgan fingerprint density at radius 1 is 1.29 bits per heavy atom. The number of nitrogens with one attached hydrogen (secondary N) is 1. The summed E-state index contributed by atoms with van der Waals surface area (Å²) in [4.78, 5) is 27.4. The Kier molecular flexibility index (Phi) is 14.9. The lowest BCUT2D eigenvalue weighted by Crippen LogP contribution is -2.39. The molecule has 1 saturated heterocycles. The van der Waals surface area contributed by atoms with Crippen LogP contribution in [0.5, 0.6) is 0 Å². The van der Waals surface area contributed by atoms with Gasteiger partial charge in [0, 0.05) is 53.9 Å². The second-order valence-electron chi connectivity index (χ2n) is 11.7. The number of allylic oxidation sites excluding steroid dienone is 5. The van der Waals surface area contributed by atoms with Gasteiger partial charge in [0.1, 0.15) is 5.84 Å². The highest BCUT2D eigenvalue weighted by molar-refractivity contribution is 8.07. The van der Waals surface area contributed by atoms with Gasteiger partial charge in [0.05, 0.1) is 23.9 Å². The number of amides is 1. The number of hydrogen-bond donors (Lipinski definition) is 2. The minimum atomic E-state index is -2.42. The van der Waals surface area contributed by atoms with Crippen molar-refractivity contribution in [3.8, 4) is 0 Å². The lowest BCUT2D eigenvalue weighted by Gasteiger charge is -2.31. The zero-order valence-corrected chi connectivity index (χ0v) is 28.9. The van der Waals surface area contributed by atoms with E-state index in [-0.39, 0.29) is 18.4 Å². The third-order valence-electron chi connectivity index (χ3n) is 8.04. The molecule has 3 rings (SSSR count). The van der Waals surface area contributed by atoms with Gasteiger partial charge in [-0.05, 0) is 67.8 Å². The molecule has 2 fully saturated rings. The molecule has 2 heterocycles. The van der Waals surface area contributed by atoms with E-state index in [2.05, 4.69) is 48.3 Å². The number of rotatable bonds is 19. The SMILES string of the molecule is C=C(S/C=C\C)C1=NCC(C(/C=C\CC(F)F)=NC)=C2CC(NC(=O)CCCC(O)(CCC)/C(=C/CC)SC(=C)C3CC3)CN12. The number of alkyl halides is 2. The summed E-state index contributed by atoms with van der Waals surface area (Å²) in [5, 5.41) is 16.9. The van der Waals surface area contributed by atoms with Crippen molar-refractivity contribution in [2.45, 2.75) is 103 Å². The Morgan fingerprint density at radius 3 is 2.67 bits per heavy atom. The predicted molar refractivity (Wildman–Crippen MR) is 189 cm³/mol. The normalized spacial score (nSPS) is 20.7. The molecule has 1 saturated carbocycles. The Labute approximate surface area is 277 Å². The fraction of sp³-hybridized carbons (Fsp3) is 0.571. The van der Waals surface area contributed by atoms with Gasteiger partial charge >= 0.3 is 0 Å². The van der Waals surface area contributed by atoms with Crippen LogP contribution in [0.4, 0.5) is 8.78 Å². The molecule has 0 aromatic carbocycles. The summed E-state index contributed by atoms with van der Waals surface area (Å²) < 4.78 is 25.6. The maximum atomic E-state index is 13.2. The van der Waals surface area contributed by atoms with Crippen LogP contribution >= 0.6 is 23.5 Å². The van der Waals surface area contributed by atoms with Crippen molar-refractivity contribution in [2.75, 3.05) is 20.1 Å². The van der Waals surface area contributed by atoms with Crippen LogP contribution in [0, 0.1) is 5.92 Å². The number of amidine groups is 1. The first-order valence-corrected chi connectivity index (χ1v) is 17.8. The first-order valence-electron chi connectivity index (χ1n) is 16.1. The maximum Gasteiger partial charge on any atom is 0.242 e. The molecule has 248 valence electrons. The number of thioether (sulfide) groups is 2. The molecule has 45 heavy (non-hydrogen) atoms. The molecule has 1 aliphatic carbocycles. The highest BCUT2D eigenvalue weighted by atomic mass is 32.2. The highest BCUT2D eigenvalue weighted by Gasteiger charge is 2.37. The molecule has 0 bridgehead atoms. The third kappa shape index (κ3) is 10.8. The molecule has 0 aromatic rings. The van der Waals surface area contributed by atoms with Crippen LogP contribution in [-0.2, 0) is 4.79 Å². The number of carbonyl (C=O) groups excluding carboxylic acids is 1. The molecule has 6 nitrogen and oxygen atoms in total. The van der Waals surface area contributed by atoms with E-state index < -0.39 is 12.0 Å². The fourth-order valence-electron chi connectivity index (χ4n) is 5.70. The van der Waals surface area contributed by atoms with Crippen LogP contribution in [0.25, 0.3) is 0 Å². The molecule has 3 aliphatic rings. The minimum absolute atomic E-state index is 0.0567. The quantitative estimate of drug-likeness (QED) is 0.136. The summed E-state index contributed by atoms with van der Waals surface area (Å²) in [5.41, 5.74) is 1.50. The van der Waals surface area contributed by atoms with Gasteiger partial charge in [-0.1, -0.05) is 75.2 Å². The number of carbonyl (C=O) groups is 1. The molecule has 1 amide bonds. The Hall–Kier alpha value is -2.43. The number of halogens is 2. The molecule has 0 radical (unpaired) electrons. The minimum Gasteiger partial charge on any atom is -0.385 e. The molecular weight excluding hydrogens is 611 g/mol. The highest BCUT2D eigenvalue weighted by Crippen LogP contribution is 2.47. The monoisotopic (exact) mass is 660 g/mol. The van der Waals surface area contributed by atoms with Gasteiger partial charge in [0.2, 0.25) is 12.3 Å². The maximum absolute atomic E-state index is 13.2. The lowest BCUT2D eigenvalue weighted by molar-refractivity contribution is -0.122. The topological polar surface area (TPSA) is 77.3 Å². The standard InChI is InChI=1S/C35H50F2N4O2S2/c1-7-12-31(45-24(4)26-16-17-26)35(43,18-8-2)19-11-15-33(42)40-27-21-30-28(29(38-6)13-10-14-32(36)37)22-39-34(41(30)23-27)25(5)44-20-9-3/h9-10,12-13,20,26-27,32,43H,4-5,7-8,11,14-19,21-23H2,1-3,6H3,(H,40,42)/b13-10-,20-9-,31-12-,38-29?. The largest absolute Gasteiger partial charge is 0.385 e. The van der Waals surface area contributed by atoms with Crippen molar-refractivity contribution >= 4 is 41.0 Å². The summed E-state index contributed by atoms with van der Waals surface area (Å²) in [6.45, 7) is 15.5. The zero-order chi connectivity index (χ0) is 33.0. The predicted octanol–water partition coefficient (Wildman–Crippen LogP) is 8.56. The van der Waals surface area contributed by atoms with Gasteiger partial charge in [-0.15, -0.1) is 0 Å². The lowest BCUT2D eigenvalue weighted by atomic mass is 9.90. The molecule has 2 N–H and O–H groups in total. The van der Waals surface area contributed by atoms with Crippen molar-refractivity contribution in [1.29, 1.82) is 0 Å². The van der Waals surface area contributed by atoms with E-state index in [1.54, 1.807) is 24.9 Å². The Balaban J connectivity index is 1.70. The third-order valence-corrected chi connectivity index (χ3v) is 10.3. The van der Waals surface area contributed by atoms with Crippen molar-refractivity contribution in [1.82, 2.24) is 10.2 Å². The van der Waals surface area contributed by atoms with Gasteiger partial charge in [-0.3, -0.25) is 14.8 Å². The van der Waals surface area contributed by atoms with Gasteiger partial charge in [0.25, 0.3) is 0 Å². The number of hydrogen-bond acceptors (Lipinski definition) is 7. The smallest absolute Gasteiger partial charge is 0.242 e. The summed E-state index contributed by atoms with van der Waals surface area (Å²) >= 11 is 3.12. The van der Waals surface area contributed by atoms with E-state index in [1.165, 1.54) is 30.7 Å². The summed E-state index contributed by atoms with van der Waals surface area (Å²) in [6, 6.07) is -0.157. The number of fused-ring (bicyclic) bond motifs is 1. The van der Waals surface area contributed by atoms with Crippen molar-refractivity contribution in [3.63, 3.8) is 0 Å². The second-order valence-corrected chi connectivity index (χ2v) is 13.9. The number of aliphatic imine (C=N–C) groups is 2. The number of nitrogens with zero attached hydrogens (tertiary/aromatic N) is 3. The van der Waals surface area contributed by atoms with Crippen LogP contribution in [-0.4, -0.2) is 65.7 Å². The van der Waals surface area contributed by atoms with Crippen LogP contribution in [0.3, 0.4) is 0 Å².